The second kappa shape index (κ2) is 3.86. The molecular formula is C15H12O. The van der Waals surface area contributed by atoms with Crippen LogP contribution >= 0.6 is 0 Å². The van der Waals surface area contributed by atoms with Crippen LogP contribution in [0.4, 0.5) is 0 Å². The monoisotopic (exact) mass is 208 g/mol. The fraction of sp³-hybridized carbons (Fsp3) is 0.0667. The van der Waals surface area contributed by atoms with E-state index in [4.69, 9.17) is 4.74 Å². The lowest BCUT2D eigenvalue weighted by Crippen LogP contribution is -2.01. The van der Waals surface area contributed by atoms with Crippen LogP contribution < -0.4 is 4.74 Å². The van der Waals surface area contributed by atoms with E-state index in [1.54, 1.807) is 0 Å². The van der Waals surface area contributed by atoms with Crippen LogP contribution in [0.5, 0.6) is 5.75 Å². The predicted octanol–water partition coefficient (Wildman–Crippen LogP) is 3.76. The van der Waals surface area contributed by atoms with Gasteiger partial charge in [0.05, 0.1) is 0 Å². The Morgan fingerprint density at radius 1 is 0.875 bits per heavy atom. The highest BCUT2D eigenvalue weighted by Crippen LogP contribution is 2.35. The zero-order chi connectivity index (χ0) is 10.8. The van der Waals surface area contributed by atoms with Crippen molar-refractivity contribution in [1.82, 2.24) is 0 Å². The highest BCUT2D eigenvalue weighted by Gasteiger charge is 2.11. The zero-order valence-corrected chi connectivity index (χ0v) is 8.89. The molecule has 0 spiro atoms. The van der Waals surface area contributed by atoms with E-state index in [9.17, 15) is 0 Å². The van der Waals surface area contributed by atoms with Crippen LogP contribution in [0, 0.1) is 0 Å². The molecule has 1 heterocycles. The van der Waals surface area contributed by atoms with Crippen molar-refractivity contribution in [3.63, 3.8) is 0 Å². The first-order valence-corrected chi connectivity index (χ1v) is 5.43. The van der Waals surface area contributed by atoms with E-state index in [1.807, 2.05) is 24.3 Å². The minimum Gasteiger partial charge on any atom is -0.488 e. The van der Waals surface area contributed by atoms with Gasteiger partial charge in [-0.3, -0.25) is 0 Å². The van der Waals surface area contributed by atoms with Crippen LogP contribution in [0.25, 0.3) is 17.2 Å². The third-order valence-electron chi connectivity index (χ3n) is 2.75. The van der Waals surface area contributed by atoms with Crippen molar-refractivity contribution < 1.29 is 4.74 Å². The number of fused-ring (bicyclic) bond motifs is 1. The van der Waals surface area contributed by atoms with Crippen LogP contribution in [0.1, 0.15) is 5.56 Å². The molecule has 0 saturated carbocycles. The third kappa shape index (κ3) is 1.50. The minimum atomic E-state index is 0.664. The number of rotatable bonds is 1. The SMILES string of the molecule is C1=Cc2cccc(-c3ccccc3)c2OC1. The highest BCUT2D eigenvalue weighted by molar-refractivity contribution is 5.77. The Labute approximate surface area is 95.0 Å². The van der Waals surface area contributed by atoms with Gasteiger partial charge in [0, 0.05) is 11.1 Å². The van der Waals surface area contributed by atoms with Gasteiger partial charge in [-0.2, -0.15) is 0 Å². The maximum Gasteiger partial charge on any atom is 0.134 e. The van der Waals surface area contributed by atoms with Crippen molar-refractivity contribution in [2.45, 2.75) is 0 Å². The number of para-hydroxylation sites is 1. The molecule has 0 radical (unpaired) electrons. The summed E-state index contributed by atoms with van der Waals surface area (Å²) >= 11 is 0. The Bertz CT molecular complexity index is 526. The van der Waals surface area contributed by atoms with Gasteiger partial charge in [-0.05, 0) is 11.6 Å². The summed E-state index contributed by atoms with van der Waals surface area (Å²) in [6, 6.07) is 16.6. The summed E-state index contributed by atoms with van der Waals surface area (Å²) in [5, 5.41) is 0. The van der Waals surface area contributed by atoms with E-state index in [-0.39, 0.29) is 0 Å². The fourth-order valence-corrected chi connectivity index (χ4v) is 2.00. The standard InChI is InChI=1S/C15H12O/c1-2-6-12(7-3-1)14-10-4-8-13-9-5-11-16-15(13)14/h1-10H,11H2. The quantitative estimate of drug-likeness (QED) is 0.693. The van der Waals surface area contributed by atoms with Crippen molar-refractivity contribution >= 4 is 6.08 Å². The predicted molar refractivity (Wildman–Crippen MR) is 66.4 cm³/mol. The molecule has 1 heteroatoms. The second-order valence-corrected chi connectivity index (χ2v) is 3.80. The summed E-state index contributed by atoms with van der Waals surface area (Å²) in [6.07, 6.45) is 4.16. The molecule has 0 saturated heterocycles. The van der Waals surface area contributed by atoms with E-state index in [0.29, 0.717) is 6.61 Å². The topological polar surface area (TPSA) is 9.23 Å². The fourth-order valence-electron chi connectivity index (χ4n) is 2.00. The smallest absolute Gasteiger partial charge is 0.134 e. The molecule has 0 amide bonds. The molecule has 3 rings (SSSR count). The van der Waals surface area contributed by atoms with Crippen molar-refractivity contribution in [2.24, 2.45) is 0 Å². The number of hydrogen-bond acceptors (Lipinski definition) is 1. The van der Waals surface area contributed by atoms with Gasteiger partial charge in [0.2, 0.25) is 0 Å². The van der Waals surface area contributed by atoms with Crippen LogP contribution in [0.15, 0.2) is 54.6 Å². The lowest BCUT2D eigenvalue weighted by molar-refractivity contribution is 0.360. The summed E-state index contributed by atoms with van der Waals surface area (Å²) in [6.45, 7) is 0.664. The van der Waals surface area contributed by atoms with E-state index >= 15 is 0 Å². The summed E-state index contributed by atoms with van der Waals surface area (Å²) in [4.78, 5) is 0. The molecule has 1 aliphatic heterocycles. The molecule has 0 N–H and O–H groups in total. The maximum absolute atomic E-state index is 5.72. The summed E-state index contributed by atoms with van der Waals surface area (Å²) in [5.74, 6) is 0.996. The van der Waals surface area contributed by atoms with Crippen LogP contribution in [0.3, 0.4) is 0 Å². The van der Waals surface area contributed by atoms with Gasteiger partial charge in [-0.1, -0.05) is 54.6 Å². The van der Waals surface area contributed by atoms with Gasteiger partial charge in [0.15, 0.2) is 0 Å². The van der Waals surface area contributed by atoms with Crippen LogP contribution in [-0.4, -0.2) is 6.61 Å². The normalized spacial score (nSPS) is 13.0. The Morgan fingerprint density at radius 2 is 1.75 bits per heavy atom. The lowest BCUT2D eigenvalue weighted by Gasteiger charge is -2.16. The first kappa shape index (κ1) is 9.22. The summed E-state index contributed by atoms with van der Waals surface area (Å²) in [7, 11) is 0. The molecule has 0 fully saturated rings. The maximum atomic E-state index is 5.72. The van der Waals surface area contributed by atoms with Gasteiger partial charge >= 0.3 is 0 Å². The lowest BCUT2D eigenvalue weighted by atomic mass is 10.0. The molecule has 0 atom stereocenters. The first-order chi connectivity index (χ1) is 7.95. The van der Waals surface area contributed by atoms with E-state index in [1.165, 1.54) is 11.1 Å². The van der Waals surface area contributed by atoms with Gasteiger partial charge < -0.3 is 4.74 Å². The number of ether oxygens (including phenoxy) is 1. The molecule has 2 aromatic rings. The van der Waals surface area contributed by atoms with Crippen LogP contribution in [0.2, 0.25) is 0 Å². The molecule has 0 aromatic heterocycles. The Morgan fingerprint density at radius 3 is 2.62 bits per heavy atom. The van der Waals surface area contributed by atoms with Crippen molar-refractivity contribution in [2.75, 3.05) is 6.61 Å². The largest absolute Gasteiger partial charge is 0.488 e. The second-order valence-electron chi connectivity index (χ2n) is 3.80. The minimum absolute atomic E-state index is 0.664. The average molecular weight is 208 g/mol. The Balaban J connectivity index is 2.19. The van der Waals surface area contributed by atoms with Gasteiger partial charge in [-0.15, -0.1) is 0 Å². The van der Waals surface area contributed by atoms with Crippen molar-refractivity contribution in [1.29, 1.82) is 0 Å². The molecule has 16 heavy (non-hydrogen) atoms. The Hall–Kier alpha value is -2.02. The molecule has 78 valence electrons. The van der Waals surface area contributed by atoms with Crippen molar-refractivity contribution in [3.05, 3.63) is 60.2 Å². The summed E-state index contributed by atoms with van der Waals surface area (Å²) in [5.41, 5.74) is 3.53. The molecule has 0 aliphatic carbocycles. The molecule has 0 unspecified atom stereocenters. The molecule has 1 aliphatic rings. The van der Waals surface area contributed by atoms with E-state index in [0.717, 1.165) is 11.3 Å². The van der Waals surface area contributed by atoms with Crippen LogP contribution in [-0.2, 0) is 0 Å². The van der Waals surface area contributed by atoms with E-state index in [2.05, 4.69) is 36.4 Å². The van der Waals surface area contributed by atoms with E-state index < -0.39 is 0 Å². The van der Waals surface area contributed by atoms with Crippen molar-refractivity contribution in [3.8, 4) is 16.9 Å². The Kier molecular flexibility index (Phi) is 2.22. The van der Waals surface area contributed by atoms with Gasteiger partial charge in [0.25, 0.3) is 0 Å². The summed E-state index contributed by atoms with van der Waals surface area (Å²) < 4.78 is 5.72. The zero-order valence-electron chi connectivity index (χ0n) is 8.89. The third-order valence-corrected chi connectivity index (χ3v) is 2.75. The molecular weight excluding hydrogens is 196 g/mol. The first-order valence-electron chi connectivity index (χ1n) is 5.43. The van der Waals surface area contributed by atoms with Gasteiger partial charge in [0.1, 0.15) is 12.4 Å². The average Bonchev–Trinajstić information content (AvgIpc) is 2.39. The van der Waals surface area contributed by atoms with Gasteiger partial charge in [-0.25, -0.2) is 0 Å². The molecule has 2 aromatic carbocycles. The molecule has 1 nitrogen and oxygen atoms in total. The highest BCUT2D eigenvalue weighted by atomic mass is 16.5. The molecule has 0 bridgehead atoms. The number of benzene rings is 2. The number of hydrogen-bond donors (Lipinski definition) is 0.